The van der Waals surface area contributed by atoms with Gasteiger partial charge in [0, 0.05) is 15.7 Å². The molecule has 1 heterocycles. The summed E-state index contributed by atoms with van der Waals surface area (Å²) in [6.07, 6.45) is 0.689. The average molecular weight is 520 g/mol. The van der Waals surface area contributed by atoms with Gasteiger partial charge >= 0.3 is 5.97 Å². The van der Waals surface area contributed by atoms with E-state index in [0.29, 0.717) is 22.4 Å². The normalized spacial score (nSPS) is 17.2. The lowest BCUT2D eigenvalue weighted by molar-refractivity contribution is -0.136. The minimum Gasteiger partial charge on any atom is -0.507 e. The summed E-state index contributed by atoms with van der Waals surface area (Å²) in [5.74, 6) is -2.74. The average Bonchev–Trinajstić information content (AvgIpc) is 3.10. The molecule has 1 atom stereocenters. The van der Waals surface area contributed by atoms with Gasteiger partial charge in [0.05, 0.1) is 18.0 Å². The number of Topliss-reactive ketones (excluding diaryl/α,β-unsaturated/α-hetero) is 1. The molecule has 0 radical (unpaired) electrons. The number of amides is 1. The van der Waals surface area contributed by atoms with Gasteiger partial charge in [-0.1, -0.05) is 71.4 Å². The van der Waals surface area contributed by atoms with E-state index in [0.717, 1.165) is 16.5 Å². The van der Waals surface area contributed by atoms with Gasteiger partial charge in [0.1, 0.15) is 5.76 Å². The number of nitrogens with zero attached hydrogens (tertiary/aromatic N) is 1. The lowest BCUT2D eigenvalue weighted by atomic mass is 9.94. The predicted molar refractivity (Wildman–Crippen MR) is 133 cm³/mol. The smallest absolute Gasteiger partial charge is 0.307 e. The molecule has 1 unspecified atom stereocenters. The minimum absolute atomic E-state index is 0.00573. The monoisotopic (exact) mass is 519 g/mol. The minimum atomic E-state index is -0.960. The Hall–Kier alpha value is -3.71. The summed E-state index contributed by atoms with van der Waals surface area (Å²) in [6, 6.07) is 20.1. The maximum atomic E-state index is 13.2. The van der Waals surface area contributed by atoms with Crippen LogP contribution in [0, 0.1) is 0 Å². The third kappa shape index (κ3) is 4.52. The SMILES string of the molecule is CCc1ccc(C2/C(=C(\O)c3ccc(Br)cc3)C(=O)C(=O)N2c2ccc(CC(=O)O)cc2)cc1. The molecule has 1 aliphatic rings. The van der Waals surface area contributed by atoms with Crippen LogP contribution in [0.25, 0.3) is 5.76 Å². The molecule has 1 aliphatic heterocycles. The maximum absolute atomic E-state index is 13.2. The quantitative estimate of drug-likeness (QED) is 0.263. The Morgan fingerprint density at radius 1 is 0.882 bits per heavy atom. The zero-order chi connectivity index (χ0) is 24.4. The molecule has 1 fully saturated rings. The molecule has 0 saturated carbocycles. The van der Waals surface area contributed by atoms with Crippen LogP contribution < -0.4 is 4.90 Å². The van der Waals surface area contributed by atoms with Crippen molar-refractivity contribution in [2.75, 3.05) is 4.90 Å². The van der Waals surface area contributed by atoms with E-state index in [1.165, 1.54) is 4.90 Å². The van der Waals surface area contributed by atoms with E-state index in [1.54, 1.807) is 48.5 Å². The Morgan fingerprint density at radius 2 is 1.47 bits per heavy atom. The van der Waals surface area contributed by atoms with E-state index in [9.17, 15) is 19.5 Å². The van der Waals surface area contributed by atoms with Crippen LogP contribution in [0.2, 0.25) is 0 Å². The fourth-order valence-corrected chi connectivity index (χ4v) is 4.33. The van der Waals surface area contributed by atoms with E-state index < -0.39 is 23.7 Å². The zero-order valence-corrected chi connectivity index (χ0v) is 20.0. The molecule has 4 rings (SSSR count). The summed E-state index contributed by atoms with van der Waals surface area (Å²) in [7, 11) is 0. The molecule has 3 aromatic rings. The standard InChI is InChI=1S/C27H22BrNO5/c1-2-16-3-7-18(8-4-16)24-23(25(32)19-9-11-20(28)12-10-19)26(33)27(34)29(24)21-13-5-17(6-14-21)15-22(30)31/h3-14,24,32H,2,15H2,1H3,(H,30,31)/b25-23+. The van der Waals surface area contributed by atoms with Gasteiger partial charge in [-0.3, -0.25) is 19.3 Å². The van der Waals surface area contributed by atoms with Crippen LogP contribution >= 0.6 is 15.9 Å². The third-order valence-corrected chi connectivity index (χ3v) is 6.36. The molecular weight excluding hydrogens is 498 g/mol. The summed E-state index contributed by atoms with van der Waals surface area (Å²) in [4.78, 5) is 38.8. The van der Waals surface area contributed by atoms with Gasteiger partial charge in [0.2, 0.25) is 0 Å². The van der Waals surface area contributed by atoms with Gasteiger partial charge in [-0.2, -0.15) is 0 Å². The highest BCUT2D eigenvalue weighted by Gasteiger charge is 2.46. The molecule has 0 aromatic heterocycles. The molecule has 6 nitrogen and oxygen atoms in total. The van der Waals surface area contributed by atoms with Gasteiger partial charge < -0.3 is 10.2 Å². The number of aliphatic hydroxyl groups is 1. The second kappa shape index (κ2) is 9.65. The van der Waals surface area contributed by atoms with Crippen molar-refractivity contribution in [2.24, 2.45) is 0 Å². The van der Waals surface area contributed by atoms with E-state index in [-0.39, 0.29) is 17.8 Å². The number of rotatable bonds is 6. The number of carboxylic acids is 1. The van der Waals surface area contributed by atoms with Crippen LogP contribution in [-0.4, -0.2) is 27.9 Å². The molecule has 2 N–H and O–H groups in total. The number of carbonyl (C=O) groups excluding carboxylic acids is 2. The van der Waals surface area contributed by atoms with Crippen molar-refractivity contribution in [1.82, 2.24) is 0 Å². The van der Waals surface area contributed by atoms with E-state index >= 15 is 0 Å². The third-order valence-electron chi connectivity index (χ3n) is 5.84. The van der Waals surface area contributed by atoms with Crippen molar-refractivity contribution in [2.45, 2.75) is 25.8 Å². The zero-order valence-electron chi connectivity index (χ0n) is 18.4. The summed E-state index contributed by atoms with van der Waals surface area (Å²) in [5.41, 5.74) is 3.23. The summed E-state index contributed by atoms with van der Waals surface area (Å²) >= 11 is 3.36. The molecule has 3 aromatic carbocycles. The number of hydrogen-bond donors (Lipinski definition) is 2. The number of carboxylic acid groups (broad SMARTS) is 1. The summed E-state index contributed by atoms with van der Waals surface area (Å²) in [6.45, 7) is 2.04. The summed E-state index contributed by atoms with van der Waals surface area (Å²) in [5, 5.41) is 20.2. The molecule has 1 saturated heterocycles. The van der Waals surface area contributed by atoms with Crippen molar-refractivity contribution >= 4 is 45.0 Å². The molecule has 34 heavy (non-hydrogen) atoms. The summed E-state index contributed by atoms with van der Waals surface area (Å²) < 4.78 is 0.817. The predicted octanol–water partition coefficient (Wildman–Crippen LogP) is 5.26. The highest BCUT2D eigenvalue weighted by molar-refractivity contribution is 9.10. The Morgan fingerprint density at radius 3 is 2.03 bits per heavy atom. The number of carbonyl (C=O) groups is 3. The second-order valence-corrected chi connectivity index (χ2v) is 8.92. The van der Waals surface area contributed by atoms with Crippen LogP contribution in [0.3, 0.4) is 0 Å². The van der Waals surface area contributed by atoms with Crippen LogP contribution in [-0.2, 0) is 27.2 Å². The van der Waals surface area contributed by atoms with Gasteiger partial charge in [-0.15, -0.1) is 0 Å². The first-order chi connectivity index (χ1) is 16.3. The lowest BCUT2D eigenvalue weighted by Crippen LogP contribution is -2.29. The number of halogens is 1. The van der Waals surface area contributed by atoms with E-state index in [2.05, 4.69) is 15.9 Å². The first-order valence-electron chi connectivity index (χ1n) is 10.8. The second-order valence-electron chi connectivity index (χ2n) is 8.01. The molecule has 1 amide bonds. The van der Waals surface area contributed by atoms with E-state index in [4.69, 9.17) is 5.11 Å². The van der Waals surface area contributed by atoms with E-state index in [1.807, 2.05) is 31.2 Å². The molecule has 0 aliphatic carbocycles. The largest absolute Gasteiger partial charge is 0.507 e. The fraction of sp³-hybridized carbons (Fsp3) is 0.148. The van der Waals surface area contributed by atoms with Crippen LogP contribution in [0.15, 0.2) is 82.8 Å². The van der Waals surface area contributed by atoms with Gasteiger partial charge in [-0.25, -0.2) is 0 Å². The molecule has 0 bridgehead atoms. The van der Waals surface area contributed by atoms with Crippen LogP contribution in [0.5, 0.6) is 0 Å². The number of ketones is 1. The van der Waals surface area contributed by atoms with Gasteiger partial charge in [-0.05, 0) is 47.4 Å². The maximum Gasteiger partial charge on any atom is 0.307 e. The van der Waals surface area contributed by atoms with Crippen molar-refractivity contribution in [3.05, 3.63) is 105 Å². The highest BCUT2D eigenvalue weighted by atomic mass is 79.9. The molecule has 172 valence electrons. The number of aryl methyl sites for hydroxylation is 1. The molecule has 0 spiro atoms. The Bertz CT molecular complexity index is 1280. The fourth-order valence-electron chi connectivity index (χ4n) is 4.06. The van der Waals surface area contributed by atoms with Crippen molar-refractivity contribution < 1.29 is 24.6 Å². The molecular formula is C27H22BrNO5. The number of hydrogen-bond acceptors (Lipinski definition) is 4. The topological polar surface area (TPSA) is 94.9 Å². The van der Waals surface area contributed by atoms with Crippen LogP contribution in [0.1, 0.15) is 35.2 Å². The van der Waals surface area contributed by atoms with Gasteiger partial charge in [0.25, 0.3) is 11.7 Å². The number of benzene rings is 3. The Balaban J connectivity index is 1.86. The first kappa shape index (κ1) is 23.4. The lowest BCUT2D eigenvalue weighted by Gasteiger charge is -2.26. The van der Waals surface area contributed by atoms with Crippen molar-refractivity contribution in [3.63, 3.8) is 0 Å². The Kier molecular flexibility index (Phi) is 6.65. The highest BCUT2D eigenvalue weighted by Crippen LogP contribution is 2.42. The van der Waals surface area contributed by atoms with Crippen molar-refractivity contribution in [1.29, 1.82) is 0 Å². The van der Waals surface area contributed by atoms with Gasteiger partial charge in [0.15, 0.2) is 0 Å². The number of anilines is 1. The molecule has 7 heteroatoms. The number of aliphatic hydroxyl groups excluding tert-OH is 1. The van der Waals surface area contributed by atoms with Crippen molar-refractivity contribution in [3.8, 4) is 0 Å². The Labute approximate surface area is 205 Å². The van der Waals surface area contributed by atoms with Crippen LogP contribution in [0.4, 0.5) is 5.69 Å². The first-order valence-corrected chi connectivity index (χ1v) is 11.6. The number of aliphatic carboxylic acids is 1.